The van der Waals surface area contributed by atoms with Crippen LogP contribution in [0, 0.1) is 0 Å². The number of carboxylic acid groups (broad SMARTS) is 1. The quantitative estimate of drug-likeness (QED) is 0.872. The summed E-state index contributed by atoms with van der Waals surface area (Å²) in [6.07, 6.45) is -1.80. The second-order valence-electron chi connectivity index (χ2n) is 3.85. The van der Waals surface area contributed by atoms with Gasteiger partial charge < -0.3 is 5.11 Å². The molecule has 0 atom stereocenters. The van der Waals surface area contributed by atoms with Crippen LogP contribution in [-0.2, 0) is 0 Å². The van der Waals surface area contributed by atoms with Gasteiger partial charge in [0.2, 0.25) is 0 Å². The van der Waals surface area contributed by atoms with Crippen molar-refractivity contribution in [3.63, 3.8) is 0 Å². The average Bonchev–Trinajstić information content (AvgIpc) is 2.85. The number of nitrogens with zero attached hydrogens (tertiary/aromatic N) is 1. The summed E-state index contributed by atoms with van der Waals surface area (Å²) in [6.45, 7) is 0.188. The zero-order chi connectivity index (χ0) is 16.0. The van der Waals surface area contributed by atoms with Gasteiger partial charge in [0.1, 0.15) is 5.01 Å². The average molecular weight is 317 g/mol. The Labute approximate surface area is 121 Å². The predicted octanol–water partition coefficient (Wildman–Crippen LogP) is 3.89. The van der Waals surface area contributed by atoms with Gasteiger partial charge in [0.15, 0.2) is 6.29 Å². The lowest BCUT2D eigenvalue weighted by Gasteiger charge is -1.97. The molecule has 0 saturated heterocycles. The van der Waals surface area contributed by atoms with Crippen molar-refractivity contribution < 1.29 is 27.9 Å². The molecule has 1 heterocycles. The van der Waals surface area contributed by atoms with Crippen molar-refractivity contribution in [3.05, 3.63) is 40.9 Å². The number of hydrogen-bond donors (Lipinski definition) is 1. The van der Waals surface area contributed by atoms with Crippen LogP contribution in [-0.4, -0.2) is 28.5 Å². The van der Waals surface area contributed by atoms with E-state index in [1.54, 1.807) is 12.1 Å². The van der Waals surface area contributed by atoms with E-state index in [-0.39, 0.29) is 12.5 Å². The van der Waals surface area contributed by atoms with E-state index >= 15 is 0 Å². The number of halogens is 3. The molecule has 1 aromatic heterocycles. The van der Waals surface area contributed by atoms with Gasteiger partial charge in [-0.25, -0.2) is 9.78 Å². The van der Waals surface area contributed by atoms with Crippen LogP contribution in [0.25, 0.3) is 10.6 Å². The van der Waals surface area contributed by atoms with Crippen molar-refractivity contribution in [2.24, 2.45) is 0 Å². The lowest BCUT2D eigenvalue weighted by atomic mass is 10.1. The number of aromatic nitrogens is 1. The molecule has 21 heavy (non-hydrogen) atoms. The lowest BCUT2D eigenvalue weighted by Crippen LogP contribution is -1.95. The van der Waals surface area contributed by atoms with Crippen molar-refractivity contribution in [2.75, 3.05) is 0 Å². The van der Waals surface area contributed by atoms with Crippen molar-refractivity contribution in [3.8, 4) is 10.6 Å². The standard InChI is InChI=1S/C11H7NO3S.C2H3F3/c13-6-9-5-12-10(16-9)7-2-1-3-8(4-7)11(14)15;1-2(3,4)5/h1-6H,(H,14,15);1H3. The molecular formula is C13H10F3NO3S. The fourth-order valence-electron chi connectivity index (χ4n) is 1.26. The van der Waals surface area contributed by atoms with Crippen LogP contribution in [0.4, 0.5) is 13.2 Å². The Morgan fingerprint density at radius 3 is 2.48 bits per heavy atom. The first-order valence-electron chi connectivity index (χ1n) is 5.52. The largest absolute Gasteiger partial charge is 0.478 e. The number of aromatic carboxylic acids is 1. The first-order valence-corrected chi connectivity index (χ1v) is 6.34. The van der Waals surface area contributed by atoms with Gasteiger partial charge in [0.05, 0.1) is 10.4 Å². The molecule has 0 aliphatic rings. The van der Waals surface area contributed by atoms with E-state index < -0.39 is 12.1 Å². The topological polar surface area (TPSA) is 67.3 Å². The number of aldehydes is 1. The molecule has 8 heteroatoms. The monoisotopic (exact) mass is 317 g/mol. The van der Waals surface area contributed by atoms with Crippen molar-refractivity contribution in [2.45, 2.75) is 13.1 Å². The van der Waals surface area contributed by atoms with E-state index in [0.717, 1.165) is 6.29 Å². The highest BCUT2D eigenvalue weighted by atomic mass is 32.1. The summed E-state index contributed by atoms with van der Waals surface area (Å²) in [5, 5.41) is 9.48. The van der Waals surface area contributed by atoms with Gasteiger partial charge in [-0.1, -0.05) is 12.1 Å². The zero-order valence-corrected chi connectivity index (χ0v) is 11.5. The molecule has 4 nitrogen and oxygen atoms in total. The molecule has 1 N–H and O–H groups in total. The summed E-state index contributed by atoms with van der Waals surface area (Å²) in [5.41, 5.74) is 0.915. The number of hydrogen-bond acceptors (Lipinski definition) is 4. The van der Waals surface area contributed by atoms with Gasteiger partial charge >= 0.3 is 12.1 Å². The van der Waals surface area contributed by atoms with Gasteiger partial charge in [-0.15, -0.1) is 11.3 Å². The number of carboxylic acids is 1. The summed E-state index contributed by atoms with van der Waals surface area (Å²) in [6, 6.07) is 6.47. The second-order valence-corrected chi connectivity index (χ2v) is 4.92. The molecule has 0 spiro atoms. The lowest BCUT2D eigenvalue weighted by molar-refractivity contribution is -0.110. The first-order chi connectivity index (χ1) is 9.70. The molecule has 0 saturated carbocycles. The summed E-state index contributed by atoms with van der Waals surface area (Å²) < 4.78 is 31.1. The van der Waals surface area contributed by atoms with E-state index in [9.17, 15) is 22.8 Å². The molecule has 0 fully saturated rings. The number of alkyl halides is 3. The Morgan fingerprint density at radius 1 is 1.38 bits per heavy atom. The number of thiazole rings is 1. The maximum atomic E-state index is 10.8. The van der Waals surface area contributed by atoms with Crippen LogP contribution < -0.4 is 0 Å². The van der Waals surface area contributed by atoms with Crippen LogP contribution in [0.5, 0.6) is 0 Å². The van der Waals surface area contributed by atoms with Gasteiger partial charge in [0, 0.05) is 18.7 Å². The molecule has 2 aromatic rings. The minimum absolute atomic E-state index is 0.188. The van der Waals surface area contributed by atoms with Crippen LogP contribution in [0.2, 0.25) is 0 Å². The fourth-order valence-corrected chi connectivity index (χ4v) is 1.99. The number of rotatable bonds is 3. The molecule has 112 valence electrons. The first kappa shape index (κ1) is 16.8. The van der Waals surface area contributed by atoms with E-state index in [4.69, 9.17) is 5.11 Å². The number of benzene rings is 1. The van der Waals surface area contributed by atoms with E-state index in [0.29, 0.717) is 15.4 Å². The second kappa shape index (κ2) is 6.98. The molecule has 0 aliphatic heterocycles. The molecule has 0 radical (unpaired) electrons. The Balaban J connectivity index is 0.000000383. The highest BCUT2D eigenvalue weighted by Crippen LogP contribution is 2.24. The van der Waals surface area contributed by atoms with Crippen molar-refractivity contribution in [1.82, 2.24) is 4.98 Å². The van der Waals surface area contributed by atoms with E-state index in [1.165, 1.54) is 29.7 Å². The SMILES string of the molecule is CC(F)(F)F.O=Cc1cnc(-c2cccc(C(=O)O)c2)s1. The molecule has 0 amide bonds. The van der Waals surface area contributed by atoms with Gasteiger partial charge in [0.25, 0.3) is 0 Å². The molecule has 1 aromatic carbocycles. The van der Waals surface area contributed by atoms with Crippen LogP contribution in [0.1, 0.15) is 27.0 Å². The summed E-state index contributed by atoms with van der Waals surface area (Å²) in [5.74, 6) is -0.978. The third-order valence-corrected chi connectivity index (χ3v) is 2.97. The van der Waals surface area contributed by atoms with Gasteiger partial charge in [-0.05, 0) is 12.1 Å². The number of carbonyl (C=O) groups is 2. The summed E-state index contributed by atoms with van der Waals surface area (Å²) in [4.78, 5) is 25.9. The zero-order valence-electron chi connectivity index (χ0n) is 10.7. The Bertz CT molecular complexity index is 632. The molecule has 0 aliphatic carbocycles. The van der Waals surface area contributed by atoms with Gasteiger partial charge in [-0.2, -0.15) is 13.2 Å². The highest BCUT2D eigenvalue weighted by molar-refractivity contribution is 7.16. The normalized spacial score (nSPS) is 10.5. The van der Waals surface area contributed by atoms with Crippen molar-refractivity contribution >= 4 is 23.6 Å². The van der Waals surface area contributed by atoms with Crippen LogP contribution in [0.15, 0.2) is 30.5 Å². The van der Waals surface area contributed by atoms with E-state index in [1.807, 2.05) is 0 Å². The maximum absolute atomic E-state index is 10.8. The Hall–Kier alpha value is -2.22. The molecule has 2 rings (SSSR count). The summed E-state index contributed by atoms with van der Waals surface area (Å²) >= 11 is 1.23. The predicted molar refractivity (Wildman–Crippen MR) is 71.6 cm³/mol. The molecular weight excluding hydrogens is 307 g/mol. The van der Waals surface area contributed by atoms with Crippen molar-refractivity contribution in [1.29, 1.82) is 0 Å². The number of carbonyl (C=O) groups excluding carboxylic acids is 1. The Kier molecular flexibility index (Phi) is 5.60. The van der Waals surface area contributed by atoms with Crippen LogP contribution >= 0.6 is 11.3 Å². The highest BCUT2D eigenvalue weighted by Gasteiger charge is 2.15. The van der Waals surface area contributed by atoms with E-state index in [2.05, 4.69) is 4.98 Å². The minimum Gasteiger partial charge on any atom is -0.478 e. The van der Waals surface area contributed by atoms with Gasteiger partial charge in [-0.3, -0.25) is 4.79 Å². The molecule has 0 bridgehead atoms. The third kappa shape index (κ3) is 6.17. The Morgan fingerprint density at radius 2 is 2.00 bits per heavy atom. The van der Waals surface area contributed by atoms with Crippen LogP contribution in [0.3, 0.4) is 0 Å². The third-order valence-electron chi connectivity index (χ3n) is 2.00. The summed E-state index contributed by atoms with van der Waals surface area (Å²) in [7, 11) is 0. The molecule has 0 unspecified atom stereocenters. The maximum Gasteiger partial charge on any atom is 0.386 e. The smallest absolute Gasteiger partial charge is 0.386 e. The minimum atomic E-state index is -4.00. The fraction of sp³-hybridized carbons (Fsp3) is 0.154.